The molecule has 0 fully saturated rings. The molecule has 0 spiro atoms. The van der Waals surface area contributed by atoms with Crippen molar-refractivity contribution in [2.45, 2.75) is 398 Å². The summed E-state index contributed by atoms with van der Waals surface area (Å²) in [6.07, 6.45) is 78.1. The number of ether oxygens (including phenoxy) is 1. The van der Waals surface area contributed by atoms with E-state index >= 15 is 0 Å². The van der Waals surface area contributed by atoms with Gasteiger partial charge in [-0.05, 0) is 51.4 Å². The summed E-state index contributed by atoms with van der Waals surface area (Å²) in [5.41, 5.74) is 0. The molecule has 0 saturated carbocycles. The summed E-state index contributed by atoms with van der Waals surface area (Å²) in [4.78, 5) is 24.6. The molecular formula is C68H133NO5. The minimum Gasteiger partial charge on any atom is -0.466 e. The van der Waals surface area contributed by atoms with Crippen molar-refractivity contribution >= 4 is 11.9 Å². The Labute approximate surface area is 463 Å². The quantitative estimate of drug-likeness (QED) is 0.0320. The number of rotatable bonds is 64. The van der Waals surface area contributed by atoms with E-state index < -0.39 is 12.1 Å². The van der Waals surface area contributed by atoms with E-state index in [4.69, 9.17) is 4.74 Å². The molecule has 0 aromatic carbocycles. The Kier molecular flexibility index (Phi) is 62.9. The maximum atomic E-state index is 12.5. The fourth-order valence-electron chi connectivity index (χ4n) is 10.9. The molecule has 0 aromatic rings. The maximum absolute atomic E-state index is 12.5. The zero-order valence-electron chi connectivity index (χ0n) is 50.4. The molecule has 1 amide bonds. The lowest BCUT2D eigenvalue weighted by Crippen LogP contribution is -2.45. The number of nitrogens with one attached hydrogen (secondary N) is 1. The highest BCUT2D eigenvalue weighted by Crippen LogP contribution is 2.19. The molecule has 2 atom stereocenters. The van der Waals surface area contributed by atoms with Gasteiger partial charge in [0.15, 0.2) is 0 Å². The van der Waals surface area contributed by atoms with Crippen molar-refractivity contribution in [3.8, 4) is 0 Å². The van der Waals surface area contributed by atoms with Gasteiger partial charge in [-0.15, -0.1) is 0 Å². The second kappa shape index (κ2) is 64.1. The van der Waals surface area contributed by atoms with E-state index in [1.54, 1.807) is 0 Å². The minimum atomic E-state index is -0.669. The van der Waals surface area contributed by atoms with Crippen molar-refractivity contribution in [3.05, 3.63) is 12.2 Å². The highest BCUT2D eigenvalue weighted by Gasteiger charge is 2.20. The van der Waals surface area contributed by atoms with Crippen LogP contribution in [0.1, 0.15) is 386 Å². The number of unbranched alkanes of at least 4 members (excludes halogenated alkanes) is 51. The summed E-state index contributed by atoms with van der Waals surface area (Å²) in [5.74, 6) is -0.0233. The number of allylic oxidation sites excluding steroid dienone is 2. The first-order valence-electron chi connectivity index (χ1n) is 33.9. The fraction of sp³-hybridized carbons (Fsp3) is 0.941. The number of esters is 1. The highest BCUT2D eigenvalue weighted by atomic mass is 16.5. The third-order valence-corrected chi connectivity index (χ3v) is 16.1. The van der Waals surface area contributed by atoms with Crippen molar-refractivity contribution in [2.75, 3.05) is 13.2 Å². The summed E-state index contributed by atoms with van der Waals surface area (Å²) < 4.78 is 5.50. The number of aliphatic hydroxyl groups excluding tert-OH is 2. The topological polar surface area (TPSA) is 95.9 Å². The number of aliphatic hydroxyl groups is 2. The summed E-state index contributed by atoms with van der Waals surface area (Å²) in [6.45, 7) is 4.99. The van der Waals surface area contributed by atoms with Gasteiger partial charge >= 0.3 is 5.97 Å². The van der Waals surface area contributed by atoms with E-state index in [1.807, 2.05) is 0 Å². The van der Waals surface area contributed by atoms with Crippen molar-refractivity contribution in [1.82, 2.24) is 5.32 Å². The Hall–Kier alpha value is -1.40. The smallest absolute Gasteiger partial charge is 0.305 e. The van der Waals surface area contributed by atoms with Crippen LogP contribution in [0.2, 0.25) is 0 Å². The van der Waals surface area contributed by atoms with E-state index in [9.17, 15) is 19.8 Å². The van der Waals surface area contributed by atoms with E-state index in [2.05, 4.69) is 31.3 Å². The molecule has 74 heavy (non-hydrogen) atoms. The average molecular weight is 1040 g/mol. The van der Waals surface area contributed by atoms with Crippen LogP contribution in [0.4, 0.5) is 0 Å². The lowest BCUT2D eigenvalue weighted by atomic mass is 10.0. The zero-order chi connectivity index (χ0) is 53.6. The van der Waals surface area contributed by atoms with E-state index in [0.29, 0.717) is 25.9 Å². The summed E-state index contributed by atoms with van der Waals surface area (Å²) in [7, 11) is 0. The lowest BCUT2D eigenvalue weighted by Gasteiger charge is -2.22. The number of amides is 1. The summed E-state index contributed by atoms with van der Waals surface area (Å²) in [5, 5.41) is 23.4. The van der Waals surface area contributed by atoms with Gasteiger partial charge in [0.05, 0.1) is 25.4 Å². The molecule has 0 saturated heterocycles. The lowest BCUT2D eigenvalue weighted by molar-refractivity contribution is -0.143. The molecule has 6 nitrogen and oxygen atoms in total. The van der Waals surface area contributed by atoms with Crippen LogP contribution in [0.3, 0.4) is 0 Å². The van der Waals surface area contributed by atoms with Gasteiger partial charge in [-0.2, -0.15) is 0 Å². The molecular weight excluding hydrogens is 911 g/mol. The number of hydrogen-bond acceptors (Lipinski definition) is 5. The van der Waals surface area contributed by atoms with Crippen LogP contribution in [0, 0.1) is 0 Å². The molecule has 0 radical (unpaired) electrons. The van der Waals surface area contributed by atoms with Crippen LogP contribution in [-0.4, -0.2) is 47.4 Å². The molecule has 0 aromatic heterocycles. The first-order valence-corrected chi connectivity index (χ1v) is 33.9. The van der Waals surface area contributed by atoms with Gasteiger partial charge in [0, 0.05) is 12.8 Å². The predicted octanol–water partition coefficient (Wildman–Crippen LogP) is 21.6. The first kappa shape index (κ1) is 72.6. The van der Waals surface area contributed by atoms with Crippen LogP contribution in [0.25, 0.3) is 0 Å². The van der Waals surface area contributed by atoms with Gasteiger partial charge in [-0.1, -0.05) is 334 Å². The van der Waals surface area contributed by atoms with Crippen LogP contribution in [0.5, 0.6) is 0 Å². The number of carbonyl (C=O) groups excluding carboxylic acids is 2. The molecule has 2 unspecified atom stereocenters. The van der Waals surface area contributed by atoms with Gasteiger partial charge in [0.2, 0.25) is 5.91 Å². The summed E-state index contributed by atoms with van der Waals surface area (Å²) in [6, 6.07) is -0.546. The Morgan fingerprint density at radius 2 is 0.635 bits per heavy atom. The van der Waals surface area contributed by atoms with Gasteiger partial charge in [-0.3, -0.25) is 9.59 Å². The molecule has 0 rings (SSSR count). The minimum absolute atomic E-state index is 0.0145. The van der Waals surface area contributed by atoms with Crippen molar-refractivity contribution < 1.29 is 24.5 Å². The SMILES string of the molecule is CCCCCCCCCCCCCCCCCCCCCC(O)C(CO)NC(=O)CCCCCCCCC/C=C\CCCCCCCCCCCCCOC(=O)CCCCCCCCCCCCCCCCCC. The van der Waals surface area contributed by atoms with Crippen LogP contribution < -0.4 is 5.32 Å². The Bertz CT molecular complexity index is 1110. The highest BCUT2D eigenvalue weighted by molar-refractivity contribution is 5.76. The normalized spacial score (nSPS) is 12.5. The second-order valence-electron chi connectivity index (χ2n) is 23.5. The van der Waals surface area contributed by atoms with Gasteiger partial charge in [0.25, 0.3) is 0 Å². The van der Waals surface area contributed by atoms with E-state index in [0.717, 1.165) is 38.5 Å². The first-order chi connectivity index (χ1) is 36.5. The van der Waals surface area contributed by atoms with Crippen molar-refractivity contribution in [2.24, 2.45) is 0 Å². The molecule has 0 heterocycles. The molecule has 0 aliphatic rings. The molecule has 0 aliphatic heterocycles. The molecule has 0 aliphatic carbocycles. The van der Waals surface area contributed by atoms with Crippen LogP contribution in [0.15, 0.2) is 12.2 Å². The fourth-order valence-corrected chi connectivity index (χ4v) is 10.9. The van der Waals surface area contributed by atoms with Crippen molar-refractivity contribution in [3.63, 3.8) is 0 Å². The standard InChI is InChI=1S/C68H133NO5/c1-3-5-7-9-11-13-15-17-19-21-26-29-32-36-40-44-48-52-56-60-66(71)65(64-70)69-67(72)61-57-53-49-45-41-37-33-30-27-24-22-23-25-28-31-35-39-43-47-51-55-59-63-74-68(73)62-58-54-50-46-42-38-34-20-18-16-14-12-10-8-6-4-2/h24,27,65-66,70-71H,3-23,25-26,28-64H2,1-2H3,(H,69,72)/b27-24-. The van der Waals surface area contributed by atoms with Gasteiger partial charge in [-0.25, -0.2) is 0 Å². The maximum Gasteiger partial charge on any atom is 0.305 e. The van der Waals surface area contributed by atoms with Crippen LogP contribution >= 0.6 is 0 Å². The molecule has 0 bridgehead atoms. The van der Waals surface area contributed by atoms with Gasteiger partial charge in [0.1, 0.15) is 0 Å². The monoisotopic (exact) mass is 1040 g/mol. The largest absolute Gasteiger partial charge is 0.466 e. The second-order valence-corrected chi connectivity index (χ2v) is 23.5. The molecule has 3 N–H and O–H groups in total. The Morgan fingerprint density at radius 3 is 0.959 bits per heavy atom. The molecule has 440 valence electrons. The number of hydrogen-bond donors (Lipinski definition) is 3. The predicted molar refractivity (Wildman–Crippen MR) is 324 cm³/mol. The zero-order valence-corrected chi connectivity index (χ0v) is 50.4. The number of carbonyl (C=O) groups is 2. The molecule has 6 heteroatoms. The van der Waals surface area contributed by atoms with E-state index in [-0.39, 0.29) is 18.5 Å². The Morgan fingerprint density at radius 1 is 0.365 bits per heavy atom. The van der Waals surface area contributed by atoms with Crippen molar-refractivity contribution in [1.29, 1.82) is 0 Å². The summed E-state index contributed by atoms with van der Waals surface area (Å²) >= 11 is 0. The average Bonchev–Trinajstić information content (AvgIpc) is 3.40. The third kappa shape index (κ3) is 59.8. The van der Waals surface area contributed by atoms with Crippen LogP contribution in [-0.2, 0) is 14.3 Å². The Balaban J connectivity index is 3.40. The third-order valence-electron chi connectivity index (χ3n) is 16.1. The van der Waals surface area contributed by atoms with E-state index in [1.165, 1.54) is 315 Å². The van der Waals surface area contributed by atoms with Gasteiger partial charge < -0.3 is 20.3 Å².